The molecular weight excluding hydrogens is 282 g/mol. The van der Waals surface area contributed by atoms with Crippen LogP contribution in [0.3, 0.4) is 0 Å². The van der Waals surface area contributed by atoms with Crippen LogP contribution in [0.15, 0.2) is 0 Å². The van der Waals surface area contributed by atoms with Gasteiger partial charge in [0.25, 0.3) is 0 Å². The van der Waals surface area contributed by atoms with Gasteiger partial charge in [0.05, 0.1) is 5.92 Å². The van der Waals surface area contributed by atoms with Gasteiger partial charge in [0, 0.05) is 13.1 Å². The summed E-state index contributed by atoms with van der Waals surface area (Å²) in [6.07, 6.45) is 4.94. The molecule has 1 amide bonds. The first-order valence-corrected chi connectivity index (χ1v) is 8.45. The monoisotopic (exact) mass is 311 g/mol. The van der Waals surface area contributed by atoms with Gasteiger partial charge in [-0.3, -0.25) is 4.79 Å². The van der Waals surface area contributed by atoms with Crippen LogP contribution in [-0.2, 0) is 9.53 Å². The van der Waals surface area contributed by atoms with Gasteiger partial charge in [-0.05, 0) is 49.9 Å². The molecule has 2 aliphatic rings. The number of carbonyl (C=O) groups is 2. The van der Waals surface area contributed by atoms with Crippen molar-refractivity contribution in [3.63, 3.8) is 0 Å². The maximum Gasteiger partial charge on any atom is 0.410 e. The van der Waals surface area contributed by atoms with Gasteiger partial charge in [0.15, 0.2) is 0 Å². The Morgan fingerprint density at radius 1 is 1.00 bits per heavy atom. The highest BCUT2D eigenvalue weighted by molar-refractivity contribution is 5.71. The largest absolute Gasteiger partial charge is 0.481 e. The number of nitrogens with zero attached hydrogens (tertiary/aromatic N) is 1. The fourth-order valence-electron chi connectivity index (χ4n) is 3.57. The van der Waals surface area contributed by atoms with Crippen molar-refractivity contribution in [3.8, 4) is 0 Å². The van der Waals surface area contributed by atoms with E-state index in [2.05, 4.69) is 20.8 Å². The van der Waals surface area contributed by atoms with Crippen molar-refractivity contribution < 1.29 is 19.4 Å². The molecule has 5 nitrogen and oxygen atoms in total. The third kappa shape index (κ3) is 4.37. The Morgan fingerprint density at radius 3 is 2.00 bits per heavy atom. The van der Waals surface area contributed by atoms with E-state index in [9.17, 15) is 9.59 Å². The fraction of sp³-hybridized carbons (Fsp3) is 0.882. The Labute approximate surface area is 133 Å². The highest BCUT2D eigenvalue weighted by Gasteiger charge is 2.33. The van der Waals surface area contributed by atoms with E-state index >= 15 is 0 Å². The van der Waals surface area contributed by atoms with Crippen molar-refractivity contribution in [1.29, 1.82) is 0 Å². The lowest BCUT2D eigenvalue weighted by molar-refractivity contribution is -0.143. The number of aliphatic carboxylic acids is 1. The van der Waals surface area contributed by atoms with Crippen molar-refractivity contribution >= 4 is 12.1 Å². The van der Waals surface area contributed by atoms with E-state index in [-0.39, 0.29) is 18.1 Å². The molecule has 2 fully saturated rings. The van der Waals surface area contributed by atoms with Gasteiger partial charge in [0.1, 0.15) is 6.10 Å². The molecule has 1 aliphatic carbocycles. The Kier molecular flexibility index (Phi) is 5.35. The second-order valence-corrected chi connectivity index (χ2v) is 7.82. The molecule has 0 atom stereocenters. The van der Waals surface area contributed by atoms with Gasteiger partial charge in [-0.25, -0.2) is 4.79 Å². The maximum atomic E-state index is 12.2. The SMILES string of the molecule is CC(C)(C)C1CCC(OC(=O)N2CCC(C(=O)O)CC2)CC1. The Bertz CT molecular complexity index is 399. The van der Waals surface area contributed by atoms with E-state index in [4.69, 9.17) is 9.84 Å². The molecule has 0 radical (unpaired) electrons. The first kappa shape index (κ1) is 17.1. The quantitative estimate of drug-likeness (QED) is 0.847. The minimum absolute atomic E-state index is 0.0308. The first-order chi connectivity index (χ1) is 10.3. The van der Waals surface area contributed by atoms with Crippen molar-refractivity contribution in [2.24, 2.45) is 17.3 Å². The van der Waals surface area contributed by atoms with Crippen LogP contribution in [-0.4, -0.2) is 41.3 Å². The molecule has 22 heavy (non-hydrogen) atoms. The summed E-state index contributed by atoms with van der Waals surface area (Å²) in [5.41, 5.74) is 0.327. The van der Waals surface area contributed by atoms with Crippen molar-refractivity contribution in [1.82, 2.24) is 4.90 Å². The predicted molar refractivity (Wildman–Crippen MR) is 83.6 cm³/mol. The molecule has 5 heteroatoms. The molecule has 1 saturated carbocycles. The van der Waals surface area contributed by atoms with E-state index in [0.29, 0.717) is 37.3 Å². The van der Waals surface area contributed by atoms with E-state index in [1.54, 1.807) is 4.90 Å². The Hall–Kier alpha value is -1.26. The smallest absolute Gasteiger partial charge is 0.410 e. The van der Waals surface area contributed by atoms with Crippen molar-refractivity contribution in [3.05, 3.63) is 0 Å². The predicted octanol–water partition coefficient (Wildman–Crippen LogP) is 3.52. The molecule has 1 saturated heterocycles. The van der Waals surface area contributed by atoms with Gasteiger partial charge >= 0.3 is 12.1 Å². The summed E-state index contributed by atoms with van der Waals surface area (Å²) in [6.45, 7) is 7.81. The van der Waals surface area contributed by atoms with Gasteiger partial charge in [-0.1, -0.05) is 20.8 Å². The maximum absolute atomic E-state index is 12.2. The molecule has 2 rings (SSSR count). The topological polar surface area (TPSA) is 66.8 Å². The molecule has 0 aromatic carbocycles. The number of carboxylic acids is 1. The average molecular weight is 311 g/mol. The average Bonchev–Trinajstić information content (AvgIpc) is 2.47. The number of hydrogen-bond donors (Lipinski definition) is 1. The summed E-state index contributed by atoms with van der Waals surface area (Å²) in [4.78, 5) is 24.8. The van der Waals surface area contributed by atoms with E-state index in [0.717, 1.165) is 25.7 Å². The molecule has 0 unspecified atom stereocenters. The number of rotatable bonds is 2. The molecular formula is C17H29NO4. The summed E-state index contributed by atoms with van der Waals surface area (Å²) < 4.78 is 5.63. The van der Waals surface area contributed by atoms with Gasteiger partial charge < -0.3 is 14.7 Å². The second kappa shape index (κ2) is 6.88. The zero-order chi connectivity index (χ0) is 16.3. The lowest BCUT2D eigenvalue weighted by Gasteiger charge is -2.37. The number of likely N-dealkylation sites (tertiary alicyclic amines) is 1. The summed E-state index contributed by atoms with van der Waals surface area (Å²) in [5.74, 6) is -0.367. The van der Waals surface area contributed by atoms with Gasteiger partial charge in [-0.15, -0.1) is 0 Å². The summed E-state index contributed by atoms with van der Waals surface area (Å²) in [7, 11) is 0. The van der Waals surface area contributed by atoms with Crippen molar-refractivity contribution in [2.45, 2.75) is 65.4 Å². The normalized spacial score (nSPS) is 27.5. The number of piperidine rings is 1. The molecule has 126 valence electrons. The third-order valence-electron chi connectivity index (χ3n) is 5.27. The Morgan fingerprint density at radius 2 is 1.55 bits per heavy atom. The number of amides is 1. The fourth-order valence-corrected chi connectivity index (χ4v) is 3.57. The molecule has 0 aromatic heterocycles. The van der Waals surface area contributed by atoms with E-state index in [1.807, 2.05) is 0 Å². The number of ether oxygens (including phenoxy) is 1. The van der Waals surface area contributed by atoms with Gasteiger partial charge in [0.2, 0.25) is 0 Å². The standard InChI is InChI=1S/C17H29NO4/c1-17(2,3)13-4-6-14(7-5-13)22-16(21)18-10-8-12(9-11-18)15(19)20/h12-14H,4-11H2,1-3H3,(H,19,20). The molecule has 1 heterocycles. The van der Waals surface area contributed by atoms with Crippen LogP contribution < -0.4 is 0 Å². The highest BCUT2D eigenvalue weighted by atomic mass is 16.6. The lowest BCUT2D eigenvalue weighted by Crippen LogP contribution is -2.42. The third-order valence-corrected chi connectivity index (χ3v) is 5.27. The van der Waals surface area contributed by atoms with Crippen LogP contribution in [0.25, 0.3) is 0 Å². The first-order valence-electron chi connectivity index (χ1n) is 8.45. The van der Waals surface area contributed by atoms with Crippen LogP contribution >= 0.6 is 0 Å². The van der Waals surface area contributed by atoms with Crippen LogP contribution in [0.5, 0.6) is 0 Å². The summed E-state index contributed by atoms with van der Waals surface area (Å²) >= 11 is 0. The molecule has 0 aromatic rings. The summed E-state index contributed by atoms with van der Waals surface area (Å²) in [6, 6.07) is 0. The number of carbonyl (C=O) groups excluding carboxylic acids is 1. The summed E-state index contributed by atoms with van der Waals surface area (Å²) in [5, 5.41) is 8.98. The Balaban J connectivity index is 1.74. The molecule has 0 spiro atoms. The van der Waals surface area contributed by atoms with E-state index in [1.165, 1.54) is 0 Å². The molecule has 1 N–H and O–H groups in total. The molecule has 0 bridgehead atoms. The van der Waals surface area contributed by atoms with E-state index < -0.39 is 5.97 Å². The minimum atomic E-state index is -0.756. The molecule has 1 aliphatic heterocycles. The van der Waals surface area contributed by atoms with Crippen LogP contribution in [0, 0.1) is 17.3 Å². The highest BCUT2D eigenvalue weighted by Crippen LogP contribution is 2.38. The van der Waals surface area contributed by atoms with Crippen molar-refractivity contribution in [2.75, 3.05) is 13.1 Å². The van der Waals surface area contributed by atoms with Crippen LogP contribution in [0.2, 0.25) is 0 Å². The van der Waals surface area contributed by atoms with Crippen LogP contribution in [0.4, 0.5) is 4.79 Å². The second-order valence-electron chi connectivity index (χ2n) is 7.82. The zero-order valence-corrected chi connectivity index (χ0v) is 14.0. The van der Waals surface area contributed by atoms with Gasteiger partial charge in [-0.2, -0.15) is 0 Å². The number of carboxylic acid groups (broad SMARTS) is 1. The lowest BCUT2D eigenvalue weighted by atomic mass is 9.72. The number of hydrogen-bond acceptors (Lipinski definition) is 3. The van der Waals surface area contributed by atoms with Crippen LogP contribution in [0.1, 0.15) is 59.3 Å². The minimum Gasteiger partial charge on any atom is -0.481 e. The zero-order valence-electron chi connectivity index (χ0n) is 14.0.